The molecular formula is C15H14ClF2NO. The Bertz CT molecular complexity index is 579. The highest BCUT2D eigenvalue weighted by Crippen LogP contribution is 2.28. The lowest BCUT2D eigenvalue weighted by molar-refractivity contribution is 0.0715. The van der Waals surface area contributed by atoms with Crippen LogP contribution in [0, 0.1) is 11.6 Å². The van der Waals surface area contributed by atoms with Gasteiger partial charge in [0.25, 0.3) is 0 Å². The topological polar surface area (TPSA) is 32.3 Å². The molecule has 0 fully saturated rings. The van der Waals surface area contributed by atoms with Crippen molar-refractivity contribution in [3.05, 3.63) is 64.7 Å². The van der Waals surface area contributed by atoms with Gasteiger partial charge in [0, 0.05) is 12.6 Å². The number of nitrogens with one attached hydrogen (secondary N) is 1. The molecule has 0 heterocycles. The van der Waals surface area contributed by atoms with Gasteiger partial charge in [0.15, 0.2) is 5.82 Å². The van der Waals surface area contributed by atoms with Crippen LogP contribution >= 0.6 is 11.6 Å². The molecule has 0 aliphatic rings. The molecule has 1 atom stereocenters. The van der Waals surface area contributed by atoms with E-state index in [0.29, 0.717) is 5.56 Å². The van der Waals surface area contributed by atoms with Crippen molar-refractivity contribution in [1.29, 1.82) is 0 Å². The molecule has 2 aromatic rings. The molecule has 0 amide bonds. The standard InChI is InChI=1S/C15H14ClF2NO/c1-15(20,10-5-3-2-4-6-10)9-19-14-12(16)7-11(17)8-13(14)18/h2-8,19-20H,9H2,1H3. The van der Waals surface area contributed by atoms with Gasteiger partial charge in [-0.3, -0.25) is 0 Å². The van der Waals surface area contributed by atoms with Crippen LogP contribution in [0.1, 0.15) is 12.5 Å². The summed E-state index contributed by atoms with van der Waals surface area (Å²) in [6.07, 6.45) is 0. The lowest BCUT2D eigenvalue weighted by Gasteiger charge is -2.25. The van der Waals surface area contributed by atoms with Gasteiger partial charge >= 0.3 is 0 Å². The van der Waals surface area contributed by atoms with E-state index in [1.807, 2.05) is 6.07 Å². The van der Waals surface area contributed by atoms with Crippen molar-refractivity contribution < 1.29 is 13.9 Å². The molecule has 0 aromatic heterocycles. The third kappa shape index (κ3) is 3.26. The van der Waals surface area contributed by atoms with E-state index in [1.165, 1.54) is 0 Å². The van der Waals surface area contributed by atoms with Gasteiger partial charge in [-0.05, 0) is 18.6 Å². The van der Waals surface area contributed by atoms with Gasteiger partial charge in [-0.15, -0.1) is 0 Å². The third-order valence-electron chi connectivity index (χ3n) is 3.01. The SMILES string of the molecule is CC(O)(CNc1c(F)cc(F)cc1Cl)c1ccccc1. The maximum absolute atomic E-state index is 13.6. The number of hydrogen-bond acceptors (Lipinski definition) is 2. The molecule has 5 heteroatoms. The van der Waals surface area contributed by atoms with Crippen molar-refractivity contribution in [3.8, 4) is 0 Å². The average molecular weight is 298 g/mol. The molecule has 2 N–H and O–H groups in total. The monoisotopic (exact) mass is 297 g/mol. The van der Waals surface area contributed by atoms with E-state index in [-0.39, 0.29) is 17.3 Å². The predicted molar refractivity (Wildman–Crippen MR) is 75.9 cm³/mol. The first-order chi connectivity index (χ1) is 9.40. The number of rotatable bonds is 4. The minimum atomic E-state index is -1.20. The first kappa shape index (κ1) is 14.8. The van der Waals surface area contributed by atoms with Crippen LogP contribution in [-0.4, -0.2) is 11.7 Å². The zero-order chi connectivity index (χ0) is 14.8. The van der Waals surface area contributed by atoms with E-state index in [2.05, 4.69) is 5.32 Å². The van der Waals surface area contributed by atoms with E-state index >= 15 is 0 Å². The number of anilines is 1. The minimum absolute atomic E-state index is 0.0238. The van der Waals surface area contributed by atoms with Crippen LogP contribution in [0.15, 0.2) is 42.5 Å². The van der Waals surface area contributed by atoms with Crippen LogP contribution in [0.3, 0.4) is 0 Å². The third-order valence-corrected chi connectivity index (χ3v) is 3.31. The summed E-state index contributed by atoms with van der Waals surface area (Å²) in [7, 11) is 0. The molecule has 106 valence electrons. The van der Waals surface area contributed by atoms with Gasteiger partial charge in [0.05, 0.1) is 10.7 Å². The molecule has 0 aliphatic carbocycles. The summed E-state index contributed by atoms with van der Waals surface area (Å²) >= 11 is 5.79. The number of aliphatic hydroxyl groups is 1. The van der Waals surface area contributed by atoms with Gasteiger partial charge in [-0.1, -0.05) is 41.9 Å². The van der Waals surface area contributed by atoms with Crippen LogP contribution in [0.5, 0.6) is 0 Å². The van der Waals surface area contributed by atoms with E-state index in [1.54, 1.807) is 31.2 Å². The highest BCUT2D eigenvalue weighted by Gasteiger charge is 2.23. The lowest BCUT2D eigenvalue weighted by atomic mass is 9.96. The summed E-state index contributed by atoms with van der Waals surface area (Å²) in [5.74, 6) is -1.54. The number of hydrogen-bond donors (Lipinski definition) is 2. The largest absolute Gasteiger partial charge is 0.384 e. The Morgan fingerprint density at radius 3 is 2.45 bits per heavy atom. The zero-order valence-electron chi connectivity index (χ0n) is 10.8. The summed E-state index contributed by atoms with van der Waals surface area (Å²) in [5.41, 5.74) is -0.541. The predicted octanol–water partition coefficient (Wildman–Crippen LogP) is 3.94. The Hall–Kier alpha value is -1.65. The smallest absolute Gasteiger partial charge is 0.150 e. The van der Waals surface area contributed by atoms with Crippen molar-refractivity contribution in [2.24, 2.45) is 0 Å². The van der Waals surface area contributed by atoms with E-state index in [4.69, 9.17) is 11.6 Å². The number of benzene rings is 2. The molecule has 0 spiro atoms. The summed E-state index contributed by atoms with van der Waals surface area (Å²) in [5, 5.41) is 13.0. The Kier molecular flexibility index (Phi) is 4.26. The van der Waals surface area contributed by atoms with Crippen molar-refractivity contribution in [3.63, 3.8) is 0 Å². The zero-order valence-corrected chi connectivity index (χ0v) is 11.6. The molecule has 0 saturated heterocycles. The minimum Gasteiger partial charge on any atom is -0.384 e. The summed E-state index contributed by atoms with van der Waals surface area (Å²) in [6, 6.07) is 10.7. The van der Waals surface area contributed by atoms with E-state index in [0.717, 1.165) is 12.1 Å². The van der Waals surface area contributed by atoms with Crippen molar-refractivity contribution >= 4 is 17.3 Å². The molecule has 0 bridgehead atoms. The normalized spacial score (nSPS) is 13.8. The second-order valence-corrected chi connectivity index (χ2v) is 5.15. The van der Waals surface area contributed by atoms with Crippen LogP contribution in [0.2, 0.25) is 5.02 Å². The van der Waals surface area contributed by atoms with Gasteiger partial charge in [0.1, 0.15) is 11.4 Å². The number of halogens is 3. The van der Waals surface area contributed by atoms with Crippen molar-refractivity contribution in [2.75, 3.05) is 11.9 Å². The van der Waals surface area contributed by atoms with E-state index < -0.39 is 17.2 Å². The Balaban J connectivity index is 2.17. The van der Waals surface area contributed by atoms with Crippen molar-refractivity contribution in [2.45, 2.75) is 12.5 Å². The molecule has 0 aliphatic heterocycles. The highest BCUT2D eigenvalue weighted by molar-refractivity contribution is 6.33. The fraction of sp³-hybridized carbons (Fsp3) is 0.200. The molecule has 1 unspecified atom stereocenters. The van der Waals surface area contributed by atoms with Crippen molar-refractivity contribution in [1.82, 2.24) is 0 Å². The van der Waals surface area contributed by atoms with Gasteiger partial charge in [-0.25, -0.2) is 8.78 Å². The van der Waals surface area contributed by atoms with Crippen LogP contribution in [-0.2, 0) is 5.60 Å². The Morgan fingerprint density at radius 1 is 1.20 bits per heavy atom. The molecule has 2 nitrogen and oxygen atoms in total. The maximum atomic E-state index is 13.6. The fourth-order valence-electron chi connectivity index (χ4n) is 1.87. The second kappa shape index (κ2) is 5.77. The summed E-state index contributed by atoms with van der Waals surface area (Å²) < 4.78 is 26.6. The molecule has 0 saturated carbocycles. The second-order valence-electron chi connectivity index (χ2n) is 4.74. The van der Waals surface area contributed by atoms with Crippen LogP contribution < -0.4 is 5.32 Å². The molecule has 20 heavy (non-hydrogen) atoms. The molecule has 0 radical (unpaired) electrons. The molecule has 2 aromatic carbocycles. The molecule has 2 rings (SSSR count). The Labute approximate surface area is 121 Å². The maximum Gasteiger partial charge on any atom is 0.150 e. The van der Waals surface area contributed by atoms with Gasteiger partial charge in [0.2, 0.25) is 0 Å². The highest BCUT2D eigenvalue weighted by atomic mass is 35.5. The average Bonchev–Trinajstić information content (AvgIpc) is 2.38. The fourth-order valence-corrected chi connectivity index (χ4v) is 2.13. The first-order valence-corrected chi connectivity index (χ1v) is 6.44. The first-order valence-electron chi connectivity index (χ1n) is 6.06. The summed E-state index contributed by atoms with van der Waals surface area (Å²) in [4.78, 5) is 0. The molecular weight excluding hydrogens is 284 g/mol. The quantitative estimate of drug-likeness (QED) is 0.896. The lowest BCUT2D eigenvalue weighted by Crippen LogP contribution is -2.31. The van der Waals surface area contributed by atoms with Gasteiger partial charge < -0.3 is 10.4 Å². The van der Waals surface area contributed by atoms with Crippen LogP contribution in [0.4, 0.5) is 14.5 Å². The van der Waals surface area contributed by atoms with E-state index in [9.17, 15) is 13.9 Å². The van der Waals surface area contributed by atoms with Crippen LogP contribution in [0.25, 0.3) is 0 Å². The van der Waals surface area contributed by atoms with Gasteiger partial charge in [-0.2, -0.15) is 0 Å². The Morgan fingerprint density at radius 2 is 1.85 bits per heavy atom. The summed E-state index contributed by atoms with van der Waals surface area (Å²) in [6.45, 7) is 1.64.